The summed E-state index contributed by atoms with van der Waals surface area (Å²) in [5.74, 6) is -1.63. The van der Waals surface area contributed by atoms with E-state index in [4.69, 9.17) is 16.7 Å². The first-order valence-electron chi connectivity index (χ1n) is 5.38. The number of nitrogens with zero attached hydrogens (tertiary/aromatic N) is 3. The smallest absolute Gasteiger partial charge is 0.358 e. The van der Waals surface area contributed by atoms with E-state index in [2.05, 4.69) is 15.6 Å². The van der Waals surface area contributed by atoms with E-state index in [1.165, 1.54) is 23.0 Å². The zero-order valence-corrected chi connectivity index (χ0v) is 10.4. The minimum Gasteiger partial charge on any atom is -0.476 e. The number of anilines is 1. The molecule has 1 heterocycles. The lowest BCUT2D eigenvalue weighted by molar-refractivity contribution is 0.0690. The third kappa shape index (κ3) is 3.41. The second-order valence-electron chi connectivity index (χ2n) is 3.73. The number of benzene rings is 1. The Hall–Kier alpha value is -2.15. The van der Waals surface area contributed by atoms with E-state index < -0.39 is 11.8 Å². The van der Waals surface area contributed by atoms with E-state index in [0.717, 1.165) is 0 Å². The Morgan fingerprint density at radius 2 is 2.32 bits per heavy atom. The summed E-state index contributed by atoms with van der Waals surface area (Å²) in [5.41, 5.74) is 0.470. The molecule has 0 radical (unpaired) electrons. The summed E-state index contributed by atoms with van der Waals surface area (Å²) in [5, 5.41) is 18.8. The minimum atomic E-state index is -1.13. The summed E-state index contributed by atoms with van der Waals surface area (Å²) in [4.78, 5) is 10.6. The third-order valence-corrected chi connectivity index (χ3v) is 2.65. The second-order valence-corrected chi connectivity index (χ2v) is 4.13. The lowest BCUT2D eigenvalue weighted by Gasteiger charge is -2.06. The number of carboxylic acids is 1. The van der Waals surface area contributed by atoms with Gasteiger partial charge in [0, 0.05) is 12.2 Å². The lowest BCUT2D eigenvalue weighted by Crippen LogP contribution is -2.11. The first-order valence-corrected chi connectivity index (χ1v) is 5.76. The minimum absolute atomic E-state index is 0.0629. The van der Waals surface area contributed by atoms with Crippen LogP contribution in [0.5, 0.6) is 0 Å². The Morgan fingerprint density at radius 1 is 1.53 bits per heavy atom. The van der Waals surface area contributed by atoms with Crippen molar-refractivity contribution in [2.45, 2.75) is 6.54 Å². The van der Waals surface area contributed by atoms with E-state index in [-0.39, 0.29) is 10.7 Å². The number of carbonyl (C=O) groups is 1. The van der Waals surface area contributed by atoms with Crippen LogP contribution >= 0.6 is 11.6 Å². The number of hydrogen-bond acceptors (Lipinski definition) is 4. The molecular formula is C11H10ClFN4O2. The summed E-state index contributed by atoms with van der Waals surface area (Å²) in [6.45, 7) is 0.855. The van der Waals surface area contributed by atoms with E-state index >= 15 is 0 Å². The van der Waals surface area contributed by atoms with Crippen LogP contribution in [0, 0.1) is 5.82 Å². The summed E-state index contributed by atoms with van der Waals surface area (Å²) in [6, 6.07) is 4.39. The fourth-order valence-corrected chi connectivity index (χ4v) is 1.54. The van der Waals surface area contributed by atoms with Gasteiger partial charge >= 0.3 is 5.97 Å². The highest BCUT2D eigenvalue weighted by Gasteiger charge is 2.07. The Labute approximate surface area is 112 Å². The van der Waals surface area contributed by atoms with Gasteiger partial charge in [0.15, 0.2) is 5.69 Å². The summed E-state index contributed by atoms with van der Waals surface area (Å²) < 4.78 is 14.5. The molecule has 0 saturated carbocycles. The van der Waals surface area contributed by atoms with Crippen molar-refractivity contribution in [1.29, 1.82) is 0 Å². The number of nitrogens with one attached hydrogen (secondary N) is 1. The number of hydrogen-bond donors (Lipinski definition) is 2. The number of rotatable bonds is 5. The third-order valence-electron chi connectivity index (χ3n) is 2.35. The lowest BCUT2D eigenvalue weighted by atomic mass is 10.3. The highest BCUT2D eigenvalue weighted by atomic mass is 35.5. The summed E-state index contributed by atoms with van der Waals surface area (Å²) >= 11 is 5.56. The van der Waals surface area contributed by atoms with Crippen LogP contribution in [0.2, 0.25) is 5.02 Å². The summed E-state index contributed by atoms with van der Waals surface area (Å²) in [6.07, 6.45) is 1.33. The zero-order chi connectivity index (χ0) is 13.8. The van der Waals surface area contributed by atoms with E-state index in [1.807, 2.05) is 0 Å². The first kappa shape index (κ1) is 13.3. The molecule has 2 N–H and O–H groups in total. The zero-order valence-electron chi connectivity index (χ0n) is 9.68. The molecule has 1 aromatic carbocycles. The van der Waals surface area contributed by atoms with Crippen LogP contribution < -0.4 is 5.32 Å². The van der Waals surface area contributed by atoms with Crippen LogP contribution in [-0.4, -0.2) is 32.6 Å². The Bertz CT molecular complexity index is 602. The Morgan fingerprint density at radius 3 is 2.95 bits per heavy atom. The van der Waals surface area contributed by atoms with Crippen molar-refractivity contribution in [2.24, 2.45) is 0 Å². The summed E-state index contributed by atoms with van der Waals surface area (Å²) in [7, 11) is 0. The van der Waals surface area contributed by atoms with Crippen LogP contribution in [0.4, 0.5) is 10.1 Å². The highest BCUT2D eigenvalue weighted by molar-refractivity contribution is 6.30. The van der Waals surface area contributed by atoms with E-state index in [9.17, 15) is 9.18 Å². The molecule has 6 nitrogen and oxygen atoms in total. The molecule has 19 heavy (non-hydrogen) atoms. The number of carboxylic acid groups (broad SMARTS) is 1. The molecule has 0 aliphatic rings. The maximum absolute atomic E-state index is 13.2. The van der Waals surface area contributed by atoms with E-state index in [1.54, 1.807) is 6.07 Å². The van der Waals surface area contributed by atoms with Crippen molar-refractivity contribution in [1.82, 2.24) is 15.0 Å². The molecule has 0 aliphatic heterocycles. The topological polar surface area (TPSA) is 80.0 Å². The molecule has 0 aliphatic carbocycles. The molecule has 0 fully saturated rings. The Balaban J connectivity index is 1.88. The SMILES string of the molecule is O=C(O)c1cn(CCNc2ccc(Cl)c(F)c2)nn1. The molecule has 8 heteroatoms. The molecule has 0 saturated heterocycles. The van der Waals surface area contributed by atoms with Gasteiger partial charge in [-0.15, -0.1) is 5.10 Å². The van der Waals surface area contributed by atoms with Crippen LogP contribution in [0.15, 0.2) is 24.4 Å². The van der Waals surface area contributed by atoms with Crippen LogP contribution in [0.3, 0.4) is 0 Å². The molecule has 0 atom stereocenters. The molecule has 0 unspecified atom stereocenters. The molecular weight excluding hydrogens is 275 g/mol. The van der Waals surface area contributed by atoms with Gasteiger partial charge < -0.3 is 10.4 Å². The molecule has 0 spiro atoms. The van der Waals surface area contributed by atoms with Gasteiger partial charge in [-0.05, 0) is 18.2 Å². The number of aromatic nitrogens is 3. The highest BCUT2D eigenvalue weighted by Crippen LogP contribution is 2.18. The van der Waals surface area contributed by atoms with Crippen molar-refractivity contribution >= 4 is 23.3 Å². The predicted octanol–water partition coefficient (Wildman–Crippen LogP) is 1.88. The standard InChI is InChI=1S/C11H10ClFN4O2/c12-8-2-1-7(5-9(8)13)14-3-4-17-6-10(11(18)19)15-16-17/h1-2,5-6,14H,3-4H2,(H,18,19). The monoisotopic (exact) mass is 284 g/mol. The second kappa shape index (κ2) is 5.66. The molecule has 2 rings (SSSR count). The number of halogens is 2. The van der Waals surface area contributed by atoms with Crippen molar-refractivity contribution in [2.75, 3.05) is 11.9 Å². The van der Waals surface area contributed by atoms with Crippen LogP contribution in [0.25, 0.3) is 0 Å². The van der Waals surface area contributed by atoms with Gasteiger partial charge in [-0.2, -0.15) is 0 Å². The van der Waals surface area contributed by atoms with Gasteiger partial charge in [0.25, 0.3) is 0 Å². The van der Waals surface area contributed by atoms with Gasteiger partial charge in [0.05, 0.1) is 17.8 Å². The van der Waals surface area contributed by atoms with Crippen molar-refractivity contribution in [3.8, 4) is 0 Å². The van der Waals surface area contributed by atoms with Crippen molar-refractivity contribution in [3.63, 3.8) is 0 Å². The largest absolute Gasteiger partial charge is 0.476 e. The normalized spacial score (nSPS) is 10.4. The average Bonchev–Trinajstić information content (AvgIpc) is 2.83. The van der Waals surface area contributed by atoms with Crippen molar-refractivity contribution < 1.29 is 14.3 Å². The predicted molar refractivity (Wildman–Crippen MR) is 66.9 cm³/mol. The fraction of sp³-hybridized carbons (Fsp3) is 0.182. The number of aromatic carboxylic acids is 1. The van der Waals surface area contributed by atoms with Gasteiger partial charge in [-0.25, -0.2) is 13.9 Å². The van der Waals surface area contributed by atoms with Gasteiger partial charge in [0.2, 0.25) is 0 Å². The molecule has 0 bridgehead atoms. The van der Waals surface area contributed by atoms with Crippen LogP contribution in [0.1, 0.15) is 10.5 Å². The maximum atomic E-state index is 13.2. The Kier molecular flexibility index (Phi) is 3.96. The molecule has 0 amide bonds. The maximum Gasteiger partial charge on any atom is 0.358 e. The molecule has 2 aromatic rings. The van der Waals surface area contributed by atoms with Gasteiger partial charge in [0.1, 0.15) is 5.82 Å². The van der Waals surface area contributed by atoms with E-state index in [0.29, 0.717) is 18.8 Å². The van der Waals surface area contributed by atoms with Gasteiger partial charge in [-0.1, -0.05) is 16.8 Å². The van der Waals surface area contributed by atoms with Gasteiger partial charge in [-0.3, -0.25) is 0 Å². The quantitative estimate of drug-likeness (QED) is 0.876. The molecule has 1 aromatic heterocycles. The molecule has 100 valence electrons. The van der Waals surface area contributed by atoms with Crippen molar-refractivity contribution in [3.05, 3.63) is 40.9 Å². The first-order chi connectivity index (χ1) is 9.06. The fourth-order valence-electron chi connectivity index (χ4n) is 1.43. The average molecular weight is 285 g/mol. The van der Waals surface area contributed by atoms with Crippen LogP contribution in [-0.2, 0) is 6.54 Å².